The third kappa shape index (κ3) is 1.53. The molecule has 0 atom stereocenters. The average Bonchev–Trinajstić information content (AvgIpc) is 2.37. The first-order valence-corrected chi connectivity index (χ1v) is 2.65. The van der Waals surface area contributed by atoms with Crippen molar-refractivity contribution < 1.29 is 19.1 Å². The van der Waals surface area contributed by atoms with Gasteiger partial charge in [0.05, 0.1) is 0 Å². The van der Waals surface area contributed by atoms with Gasteiger partial charge < -0.3 is 9.52 Å². The average molecular weight is 153 g/mol. The van der Waals surface area contributed by atoms with Crippen molar-refractivity contribution in [2.45, 2.75) is 0 Å². The van der Waals surface area contributed by atoms with Gasteiger partial charge in [-0.1, -0.05) is 0 Å². The van der Waals surface area contributed by atoms with Crippen molar-refractivity contribution in [2.24, 2.45) is 4.99 Å². The highest BCUT2D eigenvalue weighted by Gasteiger charge is 2.07. The van der Waals surface area contributed by atoms with Crippen molar-refractivity contribution >= 4 is 17.9 Å². The van der Waals surface area contributed by atoms with Crippen molar-refractivity contribution in [3.63, 3.8) is 0 Å². The monoisotopic (exact) mass is 153 g/mol. The topological polar surface area (TPSA) is 79.9 Å². The number of carboxylic acid groups (broad SMARTS) is 1. The van der Waals surface area contributed by atoms with Crippen LogP contribution in [0.4, 0.5) is 5.88 Å². The van der Waals surface area contributed by atoms with Crippen molar-refractivity contribution in [3.8, 4) is 0 Å². The van der Waals surface area contributed by atoms with Crippen LogP contribution in [0.3, 0.4) is 0 Å². The first-order valence-electron chi connectivity index (χ1n) is 2.65. The highest BCUT2D eigenvalue weighted by molar-refractivity contribution is 5.84. The second-order valence-corrected chi connectivity index (χ2v) is 1.65. The molecular weight excluding hydrogens is 150 g/mol. The minimum Gasteiger partial charge on any atom is -0.475 e. The molecular formula is C6H3NO4. The predicted octanol–water partition coefficient (Wildman–Crippen LogP) is 0.945. The zero-order chi connectivity index (χ0) is 8.27. The summed E-state index contributed by atoms with van der Waals surface area (Å²) in [5.74, 6) is -1.51. The first-order chi connectivity index (χ1) is 5.24. The number of rotatable bonds is 2. The molecule has 0 aromatic carbocycles. The molecule has 0 saturated heterocycles. The molecule has 1 heterocycles. The Labute approximate surface area is 61.0 Å². The van der Waals surface area contributed by atoms with Crippen molar-refractivity contribution in [2.75, 3.05) is 0 Å². The van der Waals surface area contributed by atoms with E-state index in [1.807, 2.05) is 0 Å². The maximum absolute atomic E-state index is 10.2. The van der Waals surface area contributed by atoms with Gasteiger partial charge >= 0.3 is 5.97 Å². The van der Waals surface area contributed by atoms with E-state index in [9.17, 15) is 9.59 Å². The lowest BCUT2D eigenvalue weighted by Gasteiger charge is -1.81. The zero-order valence-corrected chi connectivity index (χ0v) is 5.27. The number of aromatic carboxylic acids is 1. The van der Waals surface area contributed by atoms with E-state index in [4.69, 9.17) is 5.11 Å². The Morgan fingerprint density at radius 2 is 2.36 bits per heavy atom. The maximum Gasteiger partial charge on any atom is 0.371 e. The molecule has 5 heteroatoms. The molecule has 0 amide bonds. The number of aliphatic imine (C=N–C) groups is 1. The molecule has 0 bridgehead atoms. The molecule has 1 aromatic heterocycles. The Bertz CT molecular complexity index is 305. The molecule has 0 saturated carbocycles. The van der Waals surface area contributed by atoms with E-state index in [0.29, 0.717) is 0 Å². The SMILES string of the molecule is O=C=Nc1ccc(C(=O)O)o1. The van der Waals surface area contributed by atoms with Gasteiger partial charge in [0.15, 0.2) is 0 Å². The molecule has 0 aliphatic rings. The second kappa shape index (κ2) is 2.81. The minimum atomic E-state index is -1.20. The van der Waals surface area contributed by atoms with Gasteiger partial charge in [-0.25, -0.2) is 9.59 Å². The van der Waals surface area contributed by atoms with Gasteiger partial charge in [-0.05, 0) is 6.07 Å². The standard InChI is InChI=1S/C6H3NO4/c8-3-7-5-2-1-4(11-5)6(9)10/h1-2H,(H,9,10). The molecule has 0 fully saturated rings. The molecule has 0 aliphatic carbocycles. The van der Waals surface area contributed by atoms with Crippen LogP contribution in [-0.2, 0) is 4.79 Å². The first kappa shape index (κ1) is 7.24. The number of carbonyl (C=O) groups excluding carboxylic acids is 1. The fraction of sp³-hybridized carbons (Fsp3) is 0. The van der Waals surface area contributed by atoms with Crippen LogP contribution in [0.25, 0.3) is 0 Å². The third-order valence-electron chi connectivity index (χ3n) is 0.958. The van der Waals surface area contributed by atoms with E-state index in [0.717, 1.165) is 0 Å². The summed E-state index contributed by atoms with van der Waals surface area (Å²) >= 11 is 0. The van der Waals surface area contributed by atoms with Crippen molar-refractivity contribution in [1.82, 2.24) is 0 Å². The Kier molecular flexibility index (Phi) is 1.85. The summed E-state index contributed by atoms with van der Waals surface area (Å²) in [6.45, 7) is 0. The van der Waals surface area contributed by atoms with Gasteiger partial charge in [-0.15, -0.1) is 4.99 Å². The summed E-state index contributed by atoms with van der Waals surface area (Å²) in [7, 11) is 0. The quantitative estimate of drug-likeness (QED) is 0.506. The van der Waals surface area contributed by atoms with E-state index in [1.54, 1.807) is 0 Å². The Morgan fingerprint density at radius 1 is 1.64 bits per heavy atom. The van der Waals surface area contributed by atoms with E-state index in [1.165, 1.54) is 18.2 Å². The molecule has 11 heavy (non-hydrogen) atoms. The smallest absolute Gasteiger partial charge is 0.371 e. The highest BCUT2D eigenvalue weighted by atomic mass is 16.4. The number of hydrogen-bond donors (Lipinski definition) is 1. The van der Waals surface area contributed by atoms with E-state index >= 15 is 0 Å². The van der Waals surface area contributed by atoms with Gasteiger partial charge in [-0.3, -0.25) is 0 Å². The molecule has 1 rings (SSSR count). The number of carbonyl (C=O) groups is 1. The van der Waals surface area contributed by atoms with Crippen LogP contribution in [0.2, 0.25) is 0 Å². The molecule has 0 aliphatic heterocycles. The Morgan fingerprint density at radius 3 is 2.82 bits per heavy atom. The van der Waals surface area contributed by atoms with Crippen molar-refractivity contribution in [1.29, 1.82) is 0 Å². The minimum absolute atomic E-state index is 0.0580. The highest BCUT2D eigenvalue weighted by Crippen LogP contribution is 2.15. The number of carboxylic acids is 1. The summed E-state index contributed by atoms with van der Waals surface area (Å²) in [5, 5.41) is 8.33. The van der Waals surface area contributed by atoms with Crippen LogP contribution in [0.15, 0.2) is 21.5 Å². The summed E-state index contributed by atoms with van der Waals surface area (Å²) in [6.07, 6.45) is 1.22. The lowest BCUT2D eigenvalue weighted by molar-refractivity contribution is 0.0663. The summed E-state index contributed by atoms with van der Waals surface area (Å²) in [4.78, 5) is 22.9. The molecule has 1 N–H and O–H groups in total. The molecule has 5 nitrogen and oxygen atoms in total. The van der Waals surface area contributed by atoms with Crippen LogP contribution in [0, 0.1) is 0 Å². The zero-order valence-electron chi connectivity index (χ0n) is 5.27. The fourth-order valence-corrected chi connectivity index (χ4v) is 0.548. The van der Waals surface area contributed by atoms with Gasteiger partial charge in [0.1, 0.15) is 0 Å². The lowest BCUT2D eigenvalue weighted by Crippen LogP contribution is -1.91. The lowest BCUT2D eigenvalue weighted by atomic mass is 10.5. The van der Waals surface area contributed by atoms with Gasteiger partial charge in [0.25, 0.3) is 0 Å². The number of hydrogen-bond acceptors (Lipinski definition) is 4. The van der Waals surface area contributed by atoms with Crippen LogP contribution < -0.4 is 0 Å². The number of furan rings is 1. The van der Waals surface area contributed by atoms with Crippen LogP contribution in [0.5, 0.6) is 0 Å². The van der Waals surface area contributed by atoms with E-state index in [2.05, 4.69) is 9.41 Å². The fourth-order valence-electron chi connectivity index (χ4n) is 0.548. The van der Waals surface area contributed by atoms with Crippen LogP contribution in [0.1, 0.15) is 10.6 Å². The Balaban J connectivity index is 2.99. The van der Waals surface area contributed by atoms with Gasteiger partial charge in [0, 0.05) is 6.07 Å². The Hall–Kier alpha value is -1.87. The van der Waals surface area contributed by atoms with Gasteiger partial charge in [-0.2, -0.15) is 0 Å². The molecule has 1 aromatic rings. The normalized spacial score (nSPS) is 8.73. The van der Waals surface area contributed by atoms with E-state index < -0.39 is 5.97 Å². The molecule has 56 valence electrons. The number of nitrogens with zero attached hydrogens (tertiary/aromatic N) is 1. The molecule has 0 radical (unpaired) electrons. The third-order valence-corrected chi connectivity index (χ3v) is 0.958. The number of isocyanates is 1. The van der Waals surface area contributed by atoms with E-state index in [-0.39, 0.29) is 11.6 Å². The van der Waals surface area contributed by atoms with Gasteiger partial charge in [0.2, 0.25) is 17.7 Å². The predicted molar refractivity (Wildman–Crippen MR) is 33.4 cm³/mol. The summed E-state index contributed by atoms with van der Waals surface area (Å²) < 4.78 is 4.56. The van der Waals surface area contributed by atoms with Crippen LogP contribution in [-0.4, -0.2) is 17.2 Å². The van der Waals surface area contributed by atoms with Crippen LogP contribution >= 0.6 is 0 Å². The van der Waals surface area contributed by atoms with Crippen molar-refractivity contribution in [3.05, 3.63) is 17.9 Å². The summed E-state index contributed by atoms with van der Waals surface area (Å²) in [5.41, 5.74) is 0. The second-order valence-electron chi connectivity index (χ2n) is 1.65. The largest absolute Gasteiger partial charge is 0.475 e. The molecule has 0 unspecified atom stereocenters. The summed E-state index contributed by atoms with van der Waals surface area (Å²) in [6, 6.07) is 2.48. The molecule has 0 spiro atoms. The maximum atomic E-state index is 10.2.